The summed E-state index contributed by atoms with van der Waals surface area (Å²) < 4.78 is 42.3. The van der Waals surface area contributed by atoms with Crippen LogP contribution in [0.5, 0.6) is 5.75 Å². The molecular weight excluding hydrogens is 588 g/mol. The molecule has 0 saturated carbocycles. The number of phenols is 1. The number of carbonyl (C=O) groups is 2. The second-order valence-electron chi connectivity index (χ2n) is 8.77. The summed E-state index contributed by atoms with van der Waals surface area (Å²) in [4.78, 5) is 24.9. The third-order valence-electron chi connectivity index (χ3n) is 5.91. The second-order valence-corrected chi connectivity index (χ2v) is 14.3. The topological polar surface area (TPSA) is 147 Å². The molecule has 2 unspecified atom stereocenters. The molecule has 9 nitrogen and oxygen atoms in total. The van der Waals surface area contributed by atoms with Crippen LogP contribution in [0.1, 0.15) is 21.5 Å². The van der Waals surface area contributed by atoms with Crippen molar-refractivity contribution in [3.05, 3.63) is 87.4 Å². The Morgan fingerprint density at radius 2 is 1.67 bits per heavy atom. The highest BCUT2D eigenvalue weighted by Crippen LogP contribution is 2.46. The Kier molecular flexibility index (Phi) is 9.85. The lowest BCUT2D eigenvalue weighted by molar-refractivity contribution is -0.139. The molecule has 39 heavy (non-hydrogen) atoms. The molecular formula is C26H26Cl2NO8PS. The van der Waals surface area contributed by atoms with Gasteiger partial charge in [0.15, 0.2) is 9.84 Å². The lowest BCUT2D eigenvalue weighted by Crippen LogP contribution is -2.42. The number of benzene rings is 3. The Balaban J connectivity index is 1.77. The Morgan fingerprint density at radius 3 is 2.23 bits per heavy atom. The highest BCUT2D eigenvalue weighted by atomic mass is 35.5. The summed E-state index contributed by atoms with van der Waals surface area (Å²) in [5, 5.41) is 22.1. The van der Waals surface area contributed by atoms with Crippen molar-refractivity contribution in [2.45, 2.75) is 23.8 Å². The van der Waals surface area contributed by atoms with Crippen LogP contribution in [0.4, 0.5) is 0 Å². The van der Waals surface area contributed by atoms with E-state index in [0.29, 0.717) is 16.4 Å². The van der Waals surface area contributed by atoms with Gasteiger partial charge in [-0.05, 0) is 60.0 Å². The molecule has 0 fully saturated rings. The average Bonchev–Trinajstić information content (AvgIpc) is 2.86. The molecule has 13 heteroatoms. The first-order valence-electron chi connectivity index (χ1n) is 11.5. The molecule has 0 bridgehead atoms. The van der Waals surface area contributed by atoms with E-state index in [0.717, 1.165) is 6.26 Å². The van der Waals surface area contributed by atoms with Gasteiger partial charge in [-0.25, -0.2) is 13.2 Å². The first-order valence-corrected chi connectivity index (χ1v) is 15.9. The summed E-state index contributed by atoms with van der Waals surface area (Å²) in [5.41, 5.74) is 0.819. The number of carboxylic acid groups (broad SMARTS) is 1. The van der Waals surface area contributed by atoms with Gasteiger partial charge in [-0.15, -0.1) is 0 Å². The first-order chi connectivity index (χ1) is 18.2. The maximum atomic E-state index is 13.3. The zero-order chi connectivity index (χ0) is 29.0. The molecule has 0 aliphatic rings. The summed E-state index contributed by atoms with van der Waals surface area (Å²) in [6, 6.07) is 13.3. The highest BCUT2D eigenvalue weighted by Gasteiger charge is 2.27. The lowest BCUT2D eigenvalue weighted by Gasteiger charge is -2.18. The number of amides is 1. The van der Waals surface area contributed by atoms with Gasteiger partial charge in [0.1, 0.15) is 11.8 Å². The van der Waals surface area contributed by atoms with E-state index in [1.165, 1.54) is 49.6 Å². The minimum atomic E-state index is -3.50. The Bertz CT molecular complexity index is 1540. The van der Waals surface area contributed by atoms with Gasteiger partial charge in [0.05, 0.1) is 20.5 Å². The van der Waals surface area contributed by atoms with Crippen LogP contribution >= 0.6 is 30.6 Å². The van der Waals surface area contributed by atoms with E-state index < -0.39 is 35.1 Å². The van der Waals surface area contributed by atoms with Crippen molar-refractivity contribution in [1.29, 1.82) is 0 Å². The number of halogens is 2. The van der Waals surface area contributed by atoms with Crippen molar-refractivity contribution in [2.24, 2.45) is 0 Å². The van der Waals surface area contributed by atoms with Gasteiger partial charge in [0, 0.05) is 31.3 Å². The van der Waals surface area contributed by atoms with Crippen molar-refractivity contribution in [3.63, 3.8) is 0 Å². The Morgan fingerprint density at radius 1 is 1.03 bits per heavy atom. The van der Waals surface area contributed by atoms with E-state index in [2.05, 4.69) is 5.32 Å². The molecule has 0 aromatic heterocycles. The standard InChI is InChI=1S/C26H26Cl2NO8PS/c1-37-38(34,19-7-4-6-18(30)15-19)10-9-17-12-21(27)24(22(28)13-17)25(31)29-23(26(32)33)14-16-5-3-8-20(11-16)39(2,35)36/h3-8,11-13,15,23,30H,9-10,14H2,1-2H3,(H,29,31)(H,32,33). The maximum absolute atomic E-state index is 13.3. The van der Waals surface area contributed by atoms with E-state index in [9.17, 15) is 32.8 Å². The van der Waals surface area contributed by atoms with Gasteiger partial charge < -0.3 is 20.1 Å². The minimum absolute atomic E-state index is 0.0271. The summed E-state index contributed by atoms with van der Waals surface area (Å²) in [6.45, 7) is 0. The number of nitrogens with one attached hydrogen (secondary N) is 1. The number of aryl methyl sites for hydroxylation is 1. The Hall–Kier alpha value is -2.88. The second kappa shape index (κ2) is 12.5. The third-order valence-corrected chi connectivity index (χ3v) is 10.1. The van der Waals surface area contributed by atoms with Crippen LogP contribution in [0, 0.1) is 0 Å². The predicted molar refractivity (Wildman–Crippen MR) is 150 cm³/mol. The monoisotopic (exact) mass is 613 g/mol. The van der Waals surface area contributed by atoms with Crippen molar-refractivity contribution in [1.82, 2.24) is 5.32 Å². The zero-order valence-corrected chi connectivity index (χ0v) is 24.2. The van der Waals surface area contributed by atoms with Crippen molar-refractivity contribution in [3.8, 4) is 5.75 Å². The van der Waals surface area contributed by atoms with E-state index >= 15 is 0 Å². The van der Waals surface area contributed by atoms with E-state index in [1.54, 1.807) is 18.2 Å². The number of aromatic hydroxyl groups is 1. The van der Waals surface area contributed by atoms with Gasteiger partial charge in [-0.3, -0.25) is 9.36 Å². The number of carboxylic acids is 1. The summed E-state index contributed by atoms with van der Waals surface area (Å²) in [7, 11) is -5.50. The molecule has 0 heterocycles. The maximum Gasteiger partial charge on any atom is 0.326 e. The molecule has 3 aromatic carbocycles. The Labute approximate surface area is 236 Å². The van der Waals surface area contributed by atoms with E-state index in [1.807, 2.05) is 0 Å². The number of hydrogen-bond acceptors (Lipinski definition) is 7. The fourth-order valence-corrected chi connectivity index (χ4v) is 7.10. The van der Waals surface area contributed by atoms with Gasteiger partial charge in [0.2, 0.25) is 7.37 Å². The number of carbonyl (C=O) groups excluding carboxylic acids is 1. The molecule has 0 spiro atoms. The molecule has 0 aliphatic carbocycles. The van der Waals surface area contributed by atoms with Crippen LogP contribution in [0.2, 0.25) is 10.0 Å². The van der Waals surface area contributed by atoms with Crippen LogP contribution < -0.4 is 10.6 Å². The molecule has 3 rings (SSSR count). The molecule has 1 amide bonds. The zero-order valence-electron chi connectivity index (χ0n) is 20.9. The van der Waals surface area contributed by atoms with Crippen LogP contribution in [0.25, 0.3) is 0 Å². The quantitative estimate of drug-likeness (QED) is 0.271. The summed E-state index contributed by atoms with van der Waals surface area (Å²) in [5.74, 6) is -2.21. The fourth-order valence-electron chi connectivity index (χ4n) is 3.86. The molecule has 3 N–H and O–H groups in total. The molecule has 2 atom stereocenters. The number of sulfone groups is 1. The van der Waals surface area contributed by atoms with Crippen LogP contribution in [-0.4, -0.2) is 56.1 Å². The van der Waals surface area contributed by atoms with Crippen LogP contribution in [0.15, 0.2) is 65.6 Å². The number of rotatable bonds is 11. The molecule has 0 aliphatic heterocycles. The smallest absolute Gasteiger partial charge is 0.326 e. The van der Waals surface area contributed by atoms with Gasteiger partial charge in [-0.2, -0.15) is 0 Å². The lowest BCUT2D eigenvalue weighted by atomic mass is 10.0. The third kappa shape index (κ3) is 7.84. The highest BCUT2D eigenvalue weighted by molar-refractivity contribution is 7.90. The molecule has 3 aromatic rings. The van der Waals surface area contributed by atoms with E-state index in [-0.39, 0.29) is 45.3 Å². The first kappa shape index (κ1) is 30.7. The molecule has 208 valence electrons. The SMILES string of the molecule is COP(=O)(CCc1cc(Cl)c(C(=O)NC(Cc2cccc(S(C)(=O)=O)c2)C(=O)O)c(Cl)c1)c1cccc(O)c1. The van der Waals surface area contributed by atoms with E-state index in [4.69, 9.17) is 27.7 Å². The van der Waals surface area contributed by atoms with Gasteiger partial charge in [-0.1, -0.05) is 41.4 Å². The summed E-state index contributed by atoms with van der Waals surface area (Å²) >= 11 is 12.7. The number of phenolic OH excluding ortho intramolecular Hbond substituents is 1. The number of aliphatic carboxylic acids is 1. The van der Waals surface area contributed by atoms with Crippen LogP contribution in [0.3, 0.4) is 0 Å². The number of hydrogen-bond donors (Lipinski definition) is 3. The van der Waals surface area contributed by atoms with Crippen molar-refractivity contribution < 1.29 is 37.3 Å². The van der Waals surface area contributed by atoms with Gasteiger partial charge in [0.25, 0.3) is 5.91 Å². The normalized spacial score (nSPS) is 13.8. The predicted octanol–water partition coefficient (Wildman–Crippen LogP) is 4.32. The largest absolute Gasteiger partial charge is 0.508 e. The minimum Gasteiger partial charge on any atom is -0.508 e. The fraction of sp³-hybridized carbons (Fsp3) is 0.231. The van der Waals surface area contributed by atoms with Gasteiger partial charge >= 0.3 is 5.97 Å². The van der Waals surface area contributed by atoms with Crippen LogP contribution in [-0.2, 0) is 36.6 Å². The molecule has 0 radical (unpaired) electrons. The van der Waals surface area contributed by atoms with Crippen molar-refractivity contribution >= 4 is 57.6 Å². The van der Waals surface area contributed by atoms with Crippen molar-refractivity contribution in [2.75, 3.05) is 19.5 Å². The average molecular weight is 614 g/mol. The summed E-state index contributed by atoms with van der Waals surface area (Å²) in [6.07, 6.45) is 1.14. The molecule has 0 saturated heterocycles.